The molecule has 0 amide bonds. The van der Waals surface area contributed by atoms with Crippen LogP contribution in [0.3, 0.4) is 0 Å². The molecule has 154 valence electrons. The molecule has 4 nitrogen and oxygen atoms in total. The highest BCUT2D eigenvalue weighted by molar-refractivity contribution is 5.72. The lowest BCUT2D eigenvalue weighted by atomic mass is 10.1. The predicted octanol–water partition coefficient (Wildman–Crippen LogP) is 6.35. The first-order valence-electron chi connectivity index (χ1n) is 10.9. The number of rotatable bonds is 18. The zero-order valence-electron chi connectivity index (χ0n) is 17.5. The van der Waals surface area contributed by atoms with Gasteiger partial charge in [0.05, 0.1) is 12.7 Å². The lowest BCUT2D eigenvalue weighted by Gasteiger charge is -2.13. The summed E-state index contributed by atoms with van der Waals surface area (Å²) in [6.45, 7) is 6.85. The molecule has 0 N–H and O–H groups in total. The highest BCUT2D eigenvalue weighted by Crippen LogP contribution is 2.10. The van der Waals surface area contributed by atoms with Gasteiger partial charge in [0, 0.05) is 12.8 Å². The van der Waals surface area contributed by atoms with Gasteiger partial charge >= 0.3 is 11.9 Å². The van der Waals surface area contributed by atoms with Crippen LogP contribution in [0.25, 0.3) is 0 Å². The van der Waals surface area contributed by atoms with Crippen LogP contribution in [0.15, 0.2) is 0 Å². The second kappa shape index (κ2) is 18.7. The Kier molecular flexibility index (Phi) is 18.0. The Morgan fingerprint density at radius 3 is 1.88 bits per heavy atom. The van der Waals surface area contributed by atoms with E-state index in [4.69, 9.17) is 9.47 Å². The van der Waals surface area contributed by atoms with E-state index in [0.29, 0.717) is 25.9 Å². The average molecular weight is 371 g/mol. The molecule has 0 aliphatic rings. The third-order valence-corrected chi connectivity index (χ3v) is 4.57. The molecule has 0 aliphatic carbocycles. The fourth-order valence-electron chi connectivity index (χ4n) is 2.90. The molecule has 1 atom stereocenters. The van der Waals surface area contributed by atoms with Crippen molar-refractivity contribution >= 4 is 11.9 Å². The van der Waals surface area contributed by atoms with Crippen molar-refractivity contribution in [1.29, 1.82) is 0 Å². The summed E-state index contributed by atoms with van der Waals surface area (Å²) in [7, 11) is 0. The third-order valence-electron chi connectivity index (χ3n) is 4.57. The van der Waals surface area contributed by atoms with Crippen molar-refractivity contribution in [2.45, 2.75) is 123 Å². The summed E-state index contributed by atoms with van der Waals surface area (Å²) >= 11 is 0. The number of unbranched alkanes of at least 4 members (excludes halogenated alkanes) is 9. The van der Waals surface area contributed by atoms with Crippen molar-refractivity contribution in [2.24, 2.45) is 0 Å². The molecule has 0 radical (unpaired) electrons. The molecule has 0 saturated heterocycles. The molecule has 0 fully saturated rings. The van der Waals surface area contributed by atoms with Crippen molar-refractivity contribution in [3.63, 3.8) is 0 Å². The molecule has 0 spiro atoms. The van der Waals surface area contributed by atoms with Gasteiger partial charge in [0.1, 0.15) is 0 Å². The maximum Gasteiger partial charge on any atom is 0.306 e. The van der Waals surface area contributed by atoms with Crippen LogP contribution >= 0.6 is 0 Å². The van der Waals surface area contributed by atoms with Crippen molar-refractivity contribution < 1.29 is 19.1 Å². The van der Waals surface area contributed by atoms with E-state index in [1.54, 1.807) is 0 Å². The Hall–Kier alpha value is -1.06. The highest BCUT2D eigenvalue weighted by atomic mass is 16.5. The number of carbonyl (C=O) groups excluding carboxylic acids is 2. The highest BCUT2D eigenvalue weighted by Gasteiger charge is 2.11. The number of ether oxygens (including phenoxy) is 2. The van der Waals surface area contributed by atoms with E-state index in [0.717, 1.165) is 25.7 Å². The summed E-state index contributed by atoms with van der Waals surface area (Å²) < 4.78 is 10.6. The average Bonchev–Trinajstić information content (AvgIpc) is 2.61. The van der Waals surface area contributed by atoms with Crippen LogP contribution in [-0.2, 0) is 19.1 Å². The Morgan fingerprint density at radius 2 is 1.23 bits per heavy atom. The van der Waals surface area contributed by atoms with Crippen LogP contribution in [0.4, 0.5) is 0 Å². The van der Waals surface area contributed by atoms with Crippen LogP contribution in [0.5, 0.6) is 0 Å². The van der Waals surface area contributed by atoms with Crippen molar-refractivity contribution in [1.82, 2.24) is 0 Å². The monoisotopic (exact) mass is 370 g/mol. The second-order valence-corrected chi connectivity index (χ2v) is 7.35. The van der Waals surface area contributed by atoms with Crippen LogP contribution in [0, 0.1) is 0 Å². The number of hydrogen-bond acceptors (Lipinski definition) is 4. The first-order valence-corrected chi connectivity index (χ1v) is 10.9. The standard InChI is InChI=1S/C22H42O4/c1-4-6-8-10-11-12-14-19-25-21(23)17-15-18-22(24)26-20(3)16-13-9-7-5-2/h20H,4-19H2,1-3H3. The number of carbonyl (C=O) groups is 2. The van der Waals surface area contributed by atoms with Gasteiger partial charge in [-0.05, 0) is 32.6 Å². The van der Waals surface area contributed by atoms with E-state index < -0.39 is 0 Å². The van der Waals surface area contributed by atoms with Gasteiger partial charge in [0.15, 0.2) is 0 Å². The van der Waals surface area contributed by atoms with Gasteiger partial charge in [-0.1, -0.05) is 71.6 Å². The minimum absolute atomic E-state index is 0.0244. The summed E-state index contributed by atoms with van der Waals surface area (Å²) in [4.78, 5) is 23.4. The number of hydrogen-bond donors (Lipinski definition) is 0. The maximum absolute atomic E-state index is 11.8. The second-order valence-electron chi connectivity index (χ2n) is 7.35. The molecular weight excluding hydrogens is 328 g/mol. The molecule has 0 rings (SSSR count). The normalized spacial score (nSPS) is 12.0. The van der Waals surface area contributed by atoms with Crippen LogP contribution in [0.2, 0.25) is 0 Å². The maximum atomic E-state index is 11.8. The molecule has 1 unspecified atom stereocenters. The van der Waals surface area contributed by atoms with Gasteiger partial charge in [0.2, 0.25) is 0 Å². The minimum atomic E-state index is -0.201. The van der Waals surface area contributed by atoms with Gasteiger partial charge in [-0.2, -0.15) is 0 Å². The molecule has 0 heterocycles. The van der Waals surface area contributed by atoms with Gasteiger partial charge in [-0.25, -0.2) is 0 Å². The number of esters is 2. The Balaban J connectivity index is 3.47. The fraction of sp³-hybridized carbons (Fsp3) is 0.909. The summed E-state index contributed by atoms with van der Waals surface area (Å²) in [5, 5.41) is 0. The molecule has 0 aromatic carbocycles. The van der Waals surface area contributed by atoms with Crippen molar-refractivity contribution in [3.8, 4) is 0 Å². The lowest BCUT2D eigenvalue weighted by molar-refractivity contribution is -0.149. The van der Waals surface area contributed by atoms with E-state index in [1.807, 2.05) is 6.92 Å². The van der Waals surface area contributed by atoms with Gasteiger partial charge in [-0.3, -0.25) is 9.59 Å². The first kappa shape index (κ1) is 24.9. The molecule has 0 bridgehead atoms. The zero-order valence-corrected chi connectivity index (χ0v) is 17.5. The molecule has 0 aromatic heterocycles. The molecule has 26 heavy (non-hydrogen) atoms. The largest absolute Gasteiger partial charge is 0.466 e. The molecule has 0 saturated carbocycles. The van der Waals surface area contributed by atoms with Crippen molar-refractivity contribution in [2.75, 3.05) is 6.61 Å². The Labute approximate surface area is 161 Å². The van der Waals surface area contributed by atoms with Crippen LogP contribution in [0.1, 0.15) is 117 Å². The summed E-state index contributed by atoms with van der Waals surface area (Å²) in [5.74, 6) is -0.399. The Morgan fingerprint density at radius 1 is 0.692 bits per heavy atom. The molecule has 0 aromatic rings. The Bertz CT molecular complexity index is 341. The van der Waals surface area contributed by atoms with Gasteiger partial charge in [0.25, 0.3) is 0 Å². The van der Waals surface area contributed by atoms with E-state index in [2.05, 4.69) is 13.8 Å². The fourth-order valence-corrected chi connectivity index (χ4v) is 2.90. The van der Waals surface area contributed by atoms with Crippen LogP contribution in [-0.4, -0.2) is 24.6 Å². The first-order chi connectivity index (χ1) is 12.6. The van der Waals surface area contributed by atoms with E-state index in [-0.39, 0.29) is 18.0 Å². The minimum Gasteiger partial charge on any atom is -0.466 e. The van der Waals surface area contributed by atoms with Gasteiger partial charge < -0.3 is 9.47 Å². The van der Waals surface area contributed by atoms with E-state index in [1.165, 1.54) is 51.4 Å². The van der Waals surface area contributed by atoms with E-state index in [9.17, 15) is 9.59 Å². The predicted molar refractivity (Wildman–Crippen MR) is 107 cm³/mol. The summed E-state index contributed by atoms with van der Waals surface area (Å²) in [6, 6.07) is 0. The third kappa shape index (κ3) is 17.8. The quantitative estimate of drug-likeness (QED) is 0.208. The van der Waals surface area contributed by atoms with Gasteiger partial charge in [-0.15, -0.1) is 0 Å². The molecule has 0 aliphatic heterocycles. The smallest absolute Gasteiger partial charge is 0.306 e. The summed E-state index contributed by atoms with van der Waals surface area (Å²) in [6.07, 6.45) is 15.2. The summed E-state index contributed by atoms with van der Waals surface area (Å²) in [5.41, 5.74) is 0. The zero-order chi connectivity index (χ0) is 19.5. The molecule has 4 heteroatoms. The lowest BCUT2D eigenvalue weighted by Crippen LogP contribution is -2.15. The van der Waals surface area contributed by atoms with Crippen molar-refractivity contribution in [3.05, 3.63) is 0 Å². The van der Waals surface area contributed by atoms with E-state index >= 15 is 0 Å². The topological polar surface area (TPSA) is 52.6 Å². The SMILES string of the molecule is CCCCCCCCCOC(=O)CCCC(=O)OC(C)CCCCCC. The van der Waals surface area contributed by atoms with Crippen LogP contribution < -0.4 is 0 Å². The molecular formula is C22H42O4.